The lowest BCUT2D eigenvalue weighted by Crippen LogP contribution is -2.32. The predicted molar refractivity (Wildman–Crippen MR) is 127 cm³/mol. The Balaban J connectivity index is 1.43. The molecule has 1 heterocycles. The number of benzene rings is 3. The molecule has 172 valence electrons. The smallest absolute Gasteiger partial charge is 0.338 e. The molecule has 0 saturated carbocycles. The summed E-state index contributed by atoms with van der Waals surface area (Å²) in [4.78, 5) is 51.7. The zero-order valence-corrected chi connectivity index (χ0v) is 19.3. The number of rotatable bonds is 6. The van der Waals surface area contributed by atoms with E-state index in [4.69, 9.17) is 16.3 Å². The summed E-state index contributed by atoms with van der Waals surface area (Å²) in [6.45, 7) is 3.09. The van der Waals surface area contributed by atoms with E-state index in [0.717, 1.165) is 11.1 Å². The second-order valence-electron chi connectivity index (χ2n) is 7.92. The third-order valence-corrected chi connectivity index (χ3v) is 6.02. The lowest BCUT2D eigenvalue weighted by Gasteiger charge is -2.22. The number of fused-ring (bicyclic) bond motifs is 1. The third-order valence-electron chi connectivity index (χ3n) is 5.61. The molecule has 1 aliphatic heterocycles. The van der Waals surface area contributed by atoms with E-state index in [1.54, 1.807) is 25.1 Å². The highest BCUT2D eigenvalue weighted by Crippen LogP contribution is 2.31. The molecule has 1 N–H and O–H groups in total. The Morgan fingerprint density at radius 1 is 0.971 bits per heavy atom. The Morgan fingerprint density at radius 3 is 2.38 bits per heavy atom. The fourth-order valence-corrected chi connectivity index (χ4v) is 3.88. The maximum Gasteiger partial charge on any atom is 0.338 e. The molecule has 0 unspecified atom stereocenters. The number of imide groups is 1. The number of nitrogens with zero attached hydrogens (tertiary/aromatic N) is 1. The maximum absolute atomic E-state index is 13.0. The number of ether oxygens (including phenoxy) is 1. The molecule has 0 aliphatic carbocycles. The molecular weight excluding hydrogens is 456 g/mol. The Morgan fingerprint density at radius 2 is 1.68 bits per heavy atom. The van der Waals surface area contributed by atoms with Crippen molar-refractivity contribution in [2.45, 2.75) is 19.9 Å². The number of aryl methyl sites for hydroxylation is 1. The molecule has 4 rings (SSSR count). The lowest BCUT2D eigenvalue weighted by atomic mass is 10.1. The number of halogens is 1. The highest BCUT2D eigenvalue weighted by molar-refractivity contribution is 6.31. The second-order valence-corrected chi connectivity index (χ2v) is 8.32. The van der Waals surface area contributed by atoms with Crippen molar-refractivity contribution in [3.8, 4) is 0 Å². The Hall–Kier alpha value is -3.97. The van der Waals surface area contributed by atoms with Gasteiger partial charge < -0.3 is 10.1 Å². The Labute approximate surface area is 201 Å². The molecule has 1 atom stereocenters. The van der Waals surface area contributed by atoms with E-state index in [9.17, 15) is 19.2 Å². The second kappa shape index (κ2) is 9.49. The van der Waals surface area contributed by atoms with E-state index >= 15 is 0 Å². The molecule has 0 saturated heterocycles. The number of anilines is 1. The molecule has 3 aromatic carbocycles. The van der Waals surface area contributed by atoms with Crippen LogP contribution in [0.4, 0.5) is 5.69 Å². The van der Waals surface area contributed by atoms with Crippen LogP contribution >= 0.6 is 11.6 Å². The van der Waals surface area contributed by atoms with Crippen molar-refractivity contribution in [2.75, 3.05) is 11.9 Å². The van der Waals surface area contributed by atoms with Crippen molar-refractivity contribution < 1.29 is 23.9 Å². The van der Waals surface area contributed by atoms with Gasteiger partial charge in [0.05, 0.1) is 22.7 Å². The van der Waals surface area contributed by atoms with E-state index in [1.165, 1.54) is 23.1 Å². The van der Waals surface area contributed by atoms with E-state index in [0.29, 0.717) is 10.7 Å². The van der Waals surface area contributed by atoms with Gasteiger partial charge >= 0.3 is 5.97 Å². The molecule has 1 aliphatic rings. The number of esters is 1. The molecule has 0 radical (unpaired) electrons. The summed E-state index contributed by atoms with van der Waals surface area (Å²) < 4.78 is 5.09. The fourth-order valence-electron chi connectivity index (χ4n) is 3.70. The normalized spacial score (nSPS) is 13.4. The molecule has 3 amide bonds. The summed E-state index contributed by atoms with van der Waals surface area (Å²) in [7, 11) is 0. The van der Waals surface area contributed by atoms with Gasteiger partial charge in [-0.05, 0) is 55.3 Å². The van der Waals surface area contributed by atoms with Gasteiger partial charge in [-0.1, -0.05) is 48.0 Å². The molecule has 0 aromatic heterocycles. The van der Waals surface area contributed by atoms with Crippen LogP contribution in [0.2, 0.25) is 5.02 Å². The van der Waals surface area contributed by atoms with Gasteiger partial charge in [0, 0.05) is 10.7 Å². The Kier molecular flexibility index (Phi) is 6.47. The average Bonchev–Trinajstić information content (AvgIpc) is 3.09. The van der Waals surface area contributed by atoms with Gasteiger partial charge in [0.15, 0.2) is 6.61 Å². The standard InChI is InChI=1S/C26H21ClN2O5/c1-15-8-10-19(13-22(15)27)28-23(30)14-34-26(33)18-9-11-20-21(12-18)25(32)29(24(20)31)16(2)17-6-4-3-5-7-17/h3-13,16H,14H2,1-2H3,(H,28,30)/t16-/m1/s1. The number of hydrogen-bond donors (Lipinski definition) is 1. The summed E-state index contributed by atoms with van der Waals surface area (Å²) in [5.41, 5.74) is 2.58. The number of amides is 3. The molecule has 8 heteroatoms. The van der Waals surface area contributed by atoms with Crippen LogP contribution in [0.25, 0.3) is 0 Å². The molecule has 3 aromatic rings. The van der Waals surface area contributed by atoms with Crippen LogP contribution < -0.4 is 5.32 Å². The van der Waals surface area contributed by atoms with E-state index in [1.807, 2.05) is 37.3 Å². The summed E-state index contributed by atoms with van der Waals surface area (Å²) in [6, 6.07) is 17.9. The highest BCUT2D eigenvalue weighted by Gasteiger charge is 2.39. The summed E-state index contributed by atoms with van der Waals surface area (Å²) >= 11 is 6.05. The minimum Gasteiger partial charge on any atom is -0.452 e. The van der Waals surface area contributed by atoms with Crippen LogP contribution in [0, 0.1) is 6.92 Å². The first-order valence-corrected chi connectivity index (χ1v) is 10.9. The predicted octanol–water partition coefficient (Wildman–Crippen LogP) is 4.80. The number of carbonyl (C=O) groups excluding carboxylic acids is 4. The highest BCUT2D eigenvalue weighted by atomic mass is 35.5. The van der Waals surface area contributed by atoms with Gasteiger partial charge in [0.2, 0.25) is 0 Å². The van der Waals surface area contributed by atoms with Crippen LogP contribution in [0.5, 0.6) is 0 Å². The molecule has 0 fully saturated rings. The average molecular weight is 477 g/mol. The molecule has 34 heavy (non-hydrogen) atoms. The first-order chi connectivity index (χ1) is 16.3. The van der Waals surface area contributed by atoms with E-state index in [-0.39, 0.29) is 16.7 Å². The lowest BCUT2D eigenvalue weighted by molar-refractivity contribution is -0.119. The summed E-state index contributed by atoms with van der Waals surface area (Å²) in [6.07, 6.45) is 0. The topological polar surface area (TPSA) is 92.8 Å². The SMILES string of the molecule is Cc1ccc(NC(=O)COC(=O)c2ccc3c(c2)C(=O)N([C@H](C)c2ccccc2)C3=O)cc1Cl. The fraction of sp³-hybridized carbons (Fsp3) is 0.154. The number of carbonyl (C=O) groups is 4. The summed E-state index contributed by atoms with van der Waals surface area (Å²) in [5, 5.41) is 3.10. The molecule has 0 bridgehead atoms. The zero-order valence-electron chi connectivity index (χ0n) is 18.5. The van der Waals surface area contributed by atoms with Crippen molar-refractivity contribution in [3.63, 3.8) is 0 Å². The van der Waals surface area contributed by atoms with Crippen LogP contribution in [0.1, 0.15) is 55.2 Å². The molecule has 0 spiro atoms. The molecular formula is C26H21ClN2O5. The van der Waals surface area contributed by atoms with Gasteiger partial charge in [0.1, 0.15) is 0 Å². The van der Waals surface area contributed by atoms with Gasteiger partial charge in [-0.15, -0.1) is 0 Å². The van der Waals surface area contributed by atoms with Gasteiger partial charge in [-0.25, -0.2) is 4.79 Å². The van der Waals surface area contributed by atoms with Crippen LogP contribution in [-0.2, 0) is 9.53 Å². The van der Waals surface area contributed by atoms with Crippen molar-refractivity contribution >= 4 is 41.0 Å². The van der Waals surface area contributed by atoms with E-state index < -0.39 is 36.3 Å². The van der Waals surface area contributed by atoms with Crippen molar-refractivity contribution in [1.29, 1.82) is 0 Å². The van der Waals surface area contributed by atoms with Gasteiger partial charge in [0.25, 0.3) is 17.7 Å². The monoisotopic (exact) mass is 476 g/mol. The van der Waals surface area contributed by atoms with Gasteiger partial charge in [-0.3, -0.25) is 19.3 Å². The first-order valence-electron chi connectivity index (χ1n) is 10.6. The Bertz CT molecular complexity index is 1310. The minimum atomic E-state index is -0.783. The van der Waals surface area contributed by atoms with Crippen LogP contribution in [0.3, 0.4) is 0 Å². The third kappa shape index (κ3) is 4.56. The van der Waals surface area contributed by atoms with Crippen LogP contribution in [0.15, 0.2) is 66.7 Å². The quantitative estimate of drug-likeness (QED) is 0.407. The van der Waals surface area contributed by atoms with Gasteiger partial charge in [-0.2, -0.15) is 0 Å². The number of hydrogen-bond acceptors (Lipinski definition) is 5. The largest absolute Gasteiger partial charge is 0.452 e. The maximum atomic E-state index is 13.0. The van der Waals surface area contributed by atoms with Crippen molar-refractivity contribution in [3.05, 3.63) is 99.6 Å². The minimum absolute atomic E-state index is 0.0697. The number of nitrogens with one attached hydrogen (secondary N) is 1. The van der Waals surface area contributed by atoms with Crippen LogP contribution in [-0.4, -0.2) is 35.2 Å². The van der Waals surface area contributed by atoms with E-state index in [2.05, 4.69) is 5.32 Å². The summed E-state index contributed by atoms with van der Waals surface area (Å²) in [5.74, 6) is -2.23. The first kappa shape index (κ1) is 23.2. The molecule has 7 nitrogen and oxygen atoms in total. The zero-order chi connectivity index (χ0) is 24.4. The van der Waals surface area contributed by atoms with Crippen molar-refractivity contribution in [2.24, 2.45) is 0 Å². The van der Waals surface area contributed by atoms with Crippen molar-refractivity contribution in [1.82, 2.24) is 4.90 Å².